The molecule has 0 saturated carbocycles. The average molecular weight is 244 g/mol. The maximum atomic E-state index is 4.45. The first kappa shape index (κ1) is 10.7. The summed E-state index contributed by atoms with van der Waals surface area (Å²) in [5.41, 5.74) is 0.457. The second kappa shape index (κ2) is 3.92. The average Bonchev–Trinajstić information content (AvgIpc) is 2.85. The lowest BCUT2D eigenvalue weighted by molar-refractivity contribution is -0.0157. The van der Waals surface area contributed by atoms with E-state index >= 15 is 0 Å². The Hall–Kier alpha value is -1.16. The monoisotopic (exact) mass is 244 g/mol. The zero-order chi connectivity index (χ0) is 12.0. The summed E-state index contributed by atoms with van der Waals surface area (Å²) < 4.78 is 0. The number of hydrogen-bond donors (Lipinski definition) is 0. The zero-order valence-corrected chi connectivity index (χ0v) is 10.8. The van der Waals surface area contributed by atoms with Crippen LogP contribution in [0.2, 0.25) is 0 Å². The molecule has 1 aromatic heterocycles. The van der Waals surface area contributed by atoms with Crippen molar-refractivity contribution in [3.8, 4) is 0 Å². The number of hydrogen-bond acceptors (Lipinski definition) is 4. The molecule has 18 heavy (non-hydrogen) atoms. The van der Waals surface area contributed by atoms with E-state index < -0.39 is 0 Å². The van der Waals surface area contributed by atoms with Gasteiger partial charge in [0.25, 0.3) is 0 Å². The van der Waals surface area contributed by atoms with Gasteiger partial charge in [0, 0.05) is 31.0 Å². The molecule has 0 radical (unpaired) electrons. The van der Waals surface area contributed by atoms with E-state index in [4.69, 9.17) is 0 Å². The van der Waals surface area contributed by atoms with E-state index in [2.05, 4.69) is 19.8 Å². The van der Waals surface area contributed by atoms with Gasteiger partial charge in [0.2, 0.25) is 0 Å². The first-order valence-corrected chi connectivity index (χ1v) is 7.12. The van der Waals surface area contributed by atoms with Crippen molar-refractivity contribution in [1.82, 2.24) is 14.9 Å². The molecule has 1 spiro atoms. The third-order valence-electron chi connectivity index (χ3n) is 5.16. The molecule has 4 nitrogen and oxygen atoms in total. The van der Waals surface area contributed by atoms with Crippen LogP contribution in [0.3, 0.4) is 0 Å². The summed E-state index contributed by atoms with van der Waals surface area (Å²) in [5.74, 6) is 2.04. The summed E-state index contributed by atoms with van der Waals surface area (Å²) in [4.78, 5) is 13.8. The lowest BCUT2D eigenvalue weighted by Gasteiger charge is -2.52. The van der Waals surface area contributed by atoms with E-state index in [-0.39, 0.29) is 0 Å². The topological polar surface area (TPSA) is 32.3 Å². The molecule has 1 aromatic rings. The van der Waals surface area contributed by atoms with Gasteiger partial charge >= 0.3 is 0 Å². The number of anilines is 1. The van der Waals surface area contributed by atoms with Gasteiger partial charge in [-0.25, -0.2) is 4.98 Å². The number of rotatable bonds is 1. The number of fused-ring (bicyclic) bond motifs is 2. The van der Waals surface area contributed by atoms with Gasteiger partial charge in [0.15, 0.2) is 0 Å². The van der Waals surface area contributed by atoms with Gasteiger partial charge in [0.05, 0.1) is 6.20 Å². The van der Waals surface area contributed by atoms with Gasteiger partial charge in [-0.2, -0.15) is 0 Å². The van der Waals surface area contributed by atoms with E-state index in [0.29, 0.717) is 5.54 Å². The molecule has 1 unspecified atom stereocenters. The van der Waals surface area contributed by atoms with Crippen LogP contribution >= 0.6 is 0 Å². The van der Waals surface area contributed by atoms with Crippen LogP contribution in [-0.2, 0) is 0 Å². The zero-order valence-electron chi connectivity index (χ0n) is 10.8. The van der Waals surface area contributed by atoms with Crippen molar-refractivity contribution >= 4 is 5.82 Å². The van der Waals surface area contributed by atoms with Crippen LogP contribution in [0, 0.1) is 5.92 Å². The maximum absolute atomic E-state index is 4.45. The molecule has 1 atom stereocenters. The number of aromatic nitrogens is 2. The minimum atomic E-state index is 0.457. The Morgan fingerprint density at radius 2 is 2.06 bits per heavy atom. The van der Waals surface area contributed by atoms with Crippen molar-refractivity contribution in [3.63, 3.8) is 0 Å². The third-order valence-corrected chi connectivity index (χ3v) is 5.16. The van der Waals surface area contributed by atoms with Crippen LogP contribution in [0.1, 0.15) is 25.7 Å². The fourth-order valence-corrected chi connectivity index (χ4v) is 4.21. The second-order valence-electron chi connectivity index (χ2n) is 6.09. The van der Waals surface area contributed by atoms with Gasteiger partial charge in [-0.3, -0.25) is 9.88 Å². The Bertz CT molecular complexity index is 427. The molecular formula is C14H20N4. The molecule has 96 valence electrons. The third kappa shape index (κ3) is 1.55. The molecule has 0 aromatic carbocycles. The number of nitrogens with zero attached hydrogens (tertiary/aromatic N) is 4. The predicted octanol–water partition coefficient (Wildman–Crippen LogP) is 1.54. The van der Waals surface area contributed by atoms with Gasteiger partial charge < -0.3 is 4.90 Å². The van der Waals surface area contributed by atoms with Gasteiger partial charge in [-0.15, -0.1) is 0 Å². The molecule has 0 N–H and O–H groups in total. The summed E-state index contributed by atoms with van der Waals surface area (Å²) in [6.07, 6.45) is 11.0. The van der Waals surface area contributed by atoms with Gasteiger partial charge in [-0.05, 0) is 44.7 Å². The van der Waals surface area contributed by atoms with E-state index in [0.717, 1.165) is 24.8 Å². The molecule has 4 fully saturated rings. The maximum Gasteiger partial charge on any atom is 0.147 e. The minimum absolute atomic E-state index is 0.457. The van der Waals surface area contributed by atoms with E-state index in [9.17, 15) is 0 Å². The fourth-order valence-electron chi connectivity index (χ4n) is 4.21. The minimum Gasteiger partial charge on any atom is -0.353 e. The van der Waals surface area contributed by atoms with E-state index in [1.54, 1.807) is 12.4 Å². The van der Waals surface area contributed by atoms with Crippen molar-refractivity contribution in [1.29, 1.82) is 0 Å². The first-order chi connectivity index (χ1) is 8.86. The van der Waals surface area contributed by atoms with Crippen LogP contribution in [-0.4, -0.2) is 46.6 Å². The van der Waals surface area contributed by atoms with Crippen LogP contribution in [0.5, 0.6) is 0 Å². The summed E-state index contributed by atoms with van der Waals surface area (Å²) in [7, 11) is 0. The van der Waals surface area contributed by atoms with Crippen molar-refractivity contribution in [3.05, 3.63) is 18.6 Å². The van der Waals surface area contributed by atoms with Gasteiger partial charge in [0.1, 0.15) is 5.82 Å². The normalized spacial score (nSPS) is 38.6. The lowest BCUT2D eigenvalue weighted by atomic mass is 9.74. The predicted molar refractivity (Wildman–Crippen MR) is 70.5 cm³/mol. The lowest BCUT2D eigenvalue weighted by Crippen LogP contribution is -2.59. The molecule has 4 aliphatic rings. The number of piperidine rings is 3. The molecule has 5 rings (SSSR count). The Morgan fingerprint density at radius 1 is 1.17 bits per heavy atom. The smallest absolute Gasteiger partial charge is 0.147 e. The van der Waals surface area contributed by atoms with E-state index in [1.807, 2.05) is 6.20 Å². The molecule has 5 heterocycles. The highest BCUT2D eigenvalue weighted by atomic mass is 15.3. The van der Waals surface area contributed by atoms with Crippen LogP contribution in [0.25, 0.3) is 0 Å². The summed E-state index contributed by atoms with van der Waals surface area (Å²) in [6.45, 7) is 4.93. The first-order valence-electron chi connectivity index (χ1n) is 7.12. The Balaban J connectivity index is 1.57. The Morgan fingerprint density at radius 3 is 2.72 bits per heavy atom. The highest BCUT2D eigenvalue weighted by Crippen LogP contribution is 2.44. The Kier molecular flexibility index (Phi) is 2.34. The molecule has 2 bridgehead atoms. The van der Waals surface area contributed by atoms with Crippen LogP contribution in [0.15, 0.2) is 18.6 Å². The second-order valence-corrected chi connectivity index (χ2v) is 6.09. The standard InChI is InChI=1S/C14H20N4/c1-6-18-7-2-12(1)9-14(18)3-8-17(11-14)13-10-15-4-5-16-13/h4-5,10,12H,1-3,6-9,11H2. The van der Waals surface area contributed by atoms with Crippen molar-refractivity contribution in [2.24, 2.45) is 5.92 Å². The quantitative estimate of drug-likeness (QED) is 0.750. The summed E-state index contributed by atoms with van der Waals surface area (Å²) >= 11 is 0. The van der Waals surface area contributed by atoms with Crippen molar-refractivity contribution in [2.45, 2.75) is 31.2 Å². The highest BCUT2D eigenvalue weighted by Gasteiger charge is 2.49. The molecule has 4 aliphatic heterocycles. The SMILES string of the molecule is c1cnc(N2CCC3(CC4CCN3CC4)C2)cn1. The Labute approximate surface area is 108 Å². The van der Waals surface area contributed by atoms with E-state index in [1.165, 1.54) is 38.8 Å². The summed E-state index contributed by atoms with van der Waals surface area (Å²) in [6, 6.07) is 0. The van der Waals surface area contributed by atoms with Crippen molar-refractivity contribution < 1.29 is 0 Å². The van der Waals surface area contributed by atoms with Crippen LogP contribution < -0.4 is 4.90 Å². The molecule has 4 saturated heterocycles. The fraction of sp³-hybridized carbons (Fsp3) is 0.714. The van der Waals surface area contributed by atoms with Gasteiger partial charge in [-0.1, -0.05) is 0 Å². The molecule has 0 aliphatic carbocycles. The van der Waals surface area contributed by atoms with Crippen molar-refractivity contribution in [2.75, 3.05) is 31.1 Å². The molecule has 4 heteroatoms. The molecular weight excluding hydrogens is 224 g/mol. The molecule has 0 amide bonds. The highest BCUT2D eigenvalue weighted by molar-refractivity contribution is 5.39. The largest absolute Gasteiger partial charge is 0.353 e. The summed E-state index contributed by atoms with van der Waals surface area (Å²) in [5, 5.41) is 0. The van der Waals surface area contributed by atoms with Crippen LogP contribution in [0.4, 0.5) is 5.82 Å².